The van der Waals surface area contributed by atoms with Crippen molar-refractivity contribution in [3.8, 4) is 0 Å². The maximum absolute atomic E-state index is 5.26. The minimum atomic E-state index is 0.682. The van der Waals surface area contributed by atoms with Crippen LogP contribution in [0.5, 0.6) is 0 Å². The van der Waals surface area contributed by atoms with E-state index in [2.05, 4.69) is 9.97 Å². The Morgan fingerprint density at radius 3 is 3.36 bits per heavy atom. The van der Waals surface area contributed by atoms with E-state index in [0.717, 1.165) is 25.5 Å². The van der Waals surface area contributed by atoms with Crippen LogP contribution >= 0.6 is 0 Å². The number of imidazole rings is 1. The van der Waals surface area contributed by atoms with Crippen molar-refractivity contribution in [2.45, 2.75) is 12.8 Å². The minimum Gasteiger partial charge on any atom is -0.381 e. The average molecular weight is 152 g/mol. The molecule has 0 aliphatic carbocycles. The Bertz CT molecular complexity index is 202. The smallest absolute Gasteiger partial charge is 0.106 e. The van der Waals surface area contributed by atoms with Gasteiger partial charge in [-0.05, 0) is 12.3 Å². The van der Waals surface area contributed by atoms with Gasteiger partial charge in [0.25, 0.3) is 0 Å². The van der Waals surface area contributed by atoms with Gasteiger partial charge >= 0.3 is 0 Å². The number of aromatic nitrogens is 2. The topological polar surface area (TPSA) is 37.9 Å². The zero-order chi connectivity index (χ0) is 7.52. The van der Waals surface area contributed by atoms with Crippen molar-refractivity contribution in [2.24, 2.45) is 5.92 Å². The second-order valence-corrected chi connectivity index (χ2v) is 2.97. The van der Waals surface area contributed by atoms with Crippen LogP contribution < -0.4 is 0 Å². The normalized spacial score (nSPS) is 24.2. The molecule has 11 heavy (non-hydrogen) atoms. The molecule has 0 radical (unpaired) electrons. The lowest BCUT2D eigenvalue weighted by atomic mass is 10.1. The number of hydrogen-bond donors (Lipinski definition) is 1. The van der Waals surface area contributed by atoms with Crippen LogP contribution in [0, 0.1) is 5.92 Å². The second-order valence-electron chi connectivity index (χ2n) is 2.97. The standard InChI is InChI=1S/C8H12N2O/c1-4-11-6-7(1)5-8-9-2-3-10-8/h2-3,7H,1,4-6H2,(H,9,10)/t7-/m0/s1. The Hall–Kier alpha value is -0.830. The first kappa shape index (κ1) is 6.85. The SMILES string of the molecule is c1c[nH]c(C[C@@H]2CCOC2)n1. The van der Waals surface area contributed by atoms with Gasteiger partial charge in [-0.2, -0.15) is 0 Å². The number of nitrogens with zero attached hydrogens (tertiary/aromatic N) is 1. The molecule has 0 spiro atoms. The van der Waals surface area contributed by atoms with Crippen molar-refractivity contribution >= 4 is 0 Å². The third-order valence-corrected chi connectivity index (χ3v) is 2.06. The zero-order valence-corrected chi connectivity index (χ0v) is 6.42. The highest BCUT2D eigenvalue weighted by Gasteiger charge is 2.16. The Morgan fingerprint density at radius 2 is 2.73 bits per heavy atom. The van der Waals surface area contributed by atoms with E-state index >= 15 is 0 Å². The van der Waals surface area contributed by atoms with Gasteiger partial charge in [-0.3, -0.25) is 0 Å². The molecule has 2 rings (SSSR count). The van der Waals surface area contributed by atoms with Gasteiger partial charge < -0.3 is 9.72 Å². The highest BCUT2D eigenvalue weighted by atomic mass is 16.5. The summed E-state index contributed by atoms with van der Waals surface area (Å²) in [5.41, 5.74) is 0. The molecule has 0 amide bonds. The fraction of sp³-hybridized carbons (Fsp3) is 0.625. The van der Waals surface area contributed by atoms with Crippen LogP contribution in [0.1, 0.15) is 12.2 Å². The number of rotatable bonds is 2. The summed E-state index contributed by atoms with van der Waals surface area (Å²) in [6.45, 7) is 1.83. The lowest BCUT2D eigenvalue weighted by Gasteiger charge is -2.02. The van der Waals surface area contributed by atoms with Crippen molar-refractivity contribution < 1.29 is 4.74 Å². The number of ether oxygens (including phenoxy) is 1. The summed E-state index contributed by atoms with van der Waals surface area (Å²) in [7, 11) is 0. The maximum atomic E-state index is 5.26. The van der Waals surface area contributed by atoms with Crippen LogP contribution in [0.2, 0.25) is 0 Å². The van der Waals surface area contributed by atoms with Crippen LogP contribution in [-0.4, -0.2) is 23.2 Å². The van der Waals surface area contributed by atoms with E-state index in [1.165, 1.54) is 6.42 Å². The van der Waals surface area contributed by atoms with Gasteiger partial charge in [-0.15, -0.1) is 0 Å². The first-order chi connectivity index (χ1) is 5.45. The molecule has 3 nitrogen and oxygen atoms in total. The second kappa shape index (κ2) is 3.05. The molecule has 1 atom stereocenters. The molecule has 1 saturated heterocycles. The van der Waals surface area contributed by atoms with Crippen LogP contribution in [0.3, 0.4) is 0 Å². The number of H-pyrrole nitrogens is 1. The highest BCUT2D eigenvalue weighted by Crippen LogP contribution is 2.15. The van der Waals surface area contributed by atoms with Crippen molar-refractivity contribution in [3.63, 3.8) is 0 Å². The number of nitrogens with one attached hydrogen (secondary N) is 1. The fourth-order valence-electron chi connectivity index (χ4n) is 1.43. The van der Waals surface area contributed by atoms with Crippen molar-refractivity contribution in [2.75, 3.05) is 13.2 Å². The molecule has 1 N–H and O–H groups in total. The van der Waals surface area contributed by atoms with E-state index in [9.17, 15) is 0 Å². The molecular formula is C8H12N2O. The monoisotopic (exact) mass is 152 g/mol. The van der Waals surface area contributed by atoms with Crippen LogP contribution in [0.25, 0.3) is 0 Å². The van der Waals surface area contributed by atoms with Gasteiger partial charge in [0.2, 0.25) is 0 Å². The highest BCUT2D eigenvalue weighted by molar-refractivity contribution is 4.89. The molecule has 0 unspecified atom stereocenters. The Morgan fingerprint density at radius 1 is 1.73 bits per heavy atom. The molecule has 1 aliphatic heterocycles. The summed E-state index contributed by atoms with van der Waals surface area (Å²) in [6, 6.07) is 0. The largest absolute Gasteiger partial charge is 0.381 e. The van der Waals surface area contributed by atoms with Crippen molar-refractivity contribution in [1.82, 2.24) is 9.97 Å². The third-order valence-electron chi connectivity index (χ3n) is 2.06. The summed E-state index contributed by atoms with van der Waals surface area (Å²) < 4.78 is 5.26. The molecular weight excluding hydrogens is 140 g/mol. The van der Waals surface area contributed by atoms with E-state index in [4.69, 9.17) is 4.74 Å². The molecule has 1 aliphatic rings. The van der Waals surface area contributed by atoms with E-state index < -0.39 is 0 Å². The summed E-state index contributed by atoms with van der Waals surface area (Å²) in [5, 5.41) is 0. The predicted octanol–water partition coefficient (Wildman–Crippen LogP) is 0.989. The molecule has 60 valence electrons. The van der Waals surface area contributed by atoms with Crippen LogP contribution in [0.4, 0.5) is 0 Å². The first-order valence-corrected chi connectivity index (χ1v) is 4.01. The zero-order valence-electron chi connectivity index (χ0n) is 6.42. The number of aromatic amines is 1. The molecule has 1 fully saturated rings. The summed E-state index contributed by atoms with van der Waals surface area (Å²) >= 11 is 0. The van der Waals surface area contributed by atoms with Gasteiger partial charge in [0.15, 0.2) is 0 Å². The summed E-state index contributed by atoms with van der Waals surface area (Å²) in [6.07, 6.45) is 5.88. The third kappa shape index (κ3) is 1.60. The maximum Gasteiger partial charge on any atom is 0.106 e. The van der Waals surface area contributed by atoms with E-state index in [0.29, 0.717) is 5.92 Å². The van der Waals surface area contributed by atoms with Crippen molar-refractivity contribution in [1.29, 1.82) is 0 Å². The molecule has 3 heteroatoms. The average Bonchev–Trinajstić information content (AvgIpc) is 2.60. The van der Waals surface area contributed by atoms with Crippen LogP contribution in [-0.2, 0) is 11.2 Å². The molecule has 0 saturated carbocycles. The Balaban J connectivity index is 1.90. The number of hydrogen-bond acceptors (Lipinski definition) is 2. The minimum absolute atomic E-state index is 0.682. The summed E-state index contributed by atoms with van der Waals surface area (Å²) in [4.78, 5) is 7.27. The Kier molecular flexibility index (Phi) is 1.90. The fourth-order valence-corrected chi connectivity index (χ4v) is 1.43. The van der Waals surface area contributed by atoms with Crippen LogP contribution in [0.15, 0.2) is 12.4 Å². The quantitative estimate of drug-likeness (QED) is 0.686. The Labute approximate surface area is 65.8 Å². The predicted molar refractivity (Wildman–Crippen MR) is 41.2 cm³/mol. The van der Waals surface area contributed by atoms with E-state index in [1.54, 1.807) is 6.20 Å². The van der Waals surface area contributed by atoms with Gasteiger partial charge in [0.05, 0.1) is 0 Å². The van der Waals surface area contributed by atoms with Gasteiger partial charge in [-0.1, -0.05) is 0 Å². The van der Waals surface area contributed by atoms with Gasteiger partial charge in [-0.25, -0.2) is 4.98 Å². The van der Waals surface area contributed by atoms with Gasteiger partial charge in [0.1, 0.15) is 5.82 Å². The first-order valence-electron chi connectivity index (χ1n) is 4.01. The van der Waals surface area contributed by atoms with E-state index in [-0.39, 0.29) is 0 Å². The van der Waals surface area contributed by atoms with Gasteiger partial charge in [0, 0.05) is 32.0 Å². The lowest BCUT2D eigenvalue weighted by Crippen LogP contribution is -2.04. The molecule has 1 aromatic heterocycles. The molecule has 2 heterocycles. The van der Waals surface area contributed by atoms with Crippen molar-refractivity contribution in [3.05, 3.63) is 18.2 Å². The molecule has 1 aromatic rings. The molecule has 0 aromatic carbocycles. The molecule has 0 bridgehead atoms. The van der Waals surface area contributed by atoms with E-state index in [1.807, 2.05) is 6.20 Å². The summed E-state index contributed by atoms with van der Waals surface area (Å²) in [5.74, 6) is 1.77. The lowest BCUT2D eigenvalue weighted by molar-refractivity contribution is 0.185.